The summed E-state index contributed by atoms with van der Waals surface area (Å²) >= 11 is 0. The smallest absolute Gasteiger partial charge is 0.407 e. The Balaban J connectivity index is 1.34. The molecule has 1 aliphatic carbocycles. The van der Waals surface area contributed by atoms with Crippen molar-refractivity contribution in [3.8, 4) is 11.1 Å². The first-order chi connectivity index (χ1) is 16.6. The van der Waals surface area contributed by atoms with Crippen molar-refractivity contribution in [1.29, 1.82) is 0 Å². The number of amides is 2. The Kier molecular flexibility index (Phi) is 7.11. The lowest BCUT2D eigenvalue weighted by Crippen LogP contribution is -2.46. The molecule has 0 spiro atoms. The summed E-state index contributed by atoms with van der Waals surface area (Å²) in [5.74, 6) is -2.17. The number of rotatable bonds is 8. The number of nitrogens with zero attached hydrogens (tertiary/aromatic N) is 1. The number of benzene rings is 2. The number of carboxylic acid groups (broad SMARTS) is 1. The van der Waals surface area contributed by atoms with Crippen molar-refractivity contribution in [2.24, 2.45) is 0 Å². The monoisotopic (exact) mass is 500 g/mol. The Morgan fingerprint density at radius 3 is 2.23 bits per heavy atom. The van der Waals surface area contributed by atoms with Gasteiger partial charge in [0.2, 0.25) is 5.91 Å². The Labute approximate surface area is 204 Å². The van der Waals surface area contributed by atoms with E-state index in [0.29, 0.717) is 0 Å². The van der Waals surface area contributed by atoms with E-state index in [0.717, 1.165) is 27.2 Å². The Bertz CT molecular complexity index is 1200. The first-order valence-corrected chi connectivity index (χ1v) is 13.3. The van der Waals surface area contributed by atoms with E-state index in [1.54, 1.807) is 6.92 Å². The number of carboxylic acids is 1. The molecule has 2 atom stereocenters. The maximum absolute atomic E-state index is 12.8. The predicted octanol–water partition coefficient (Wildman–Crippen LogP) is 2.40. The van der Waals surface area contributed by atoms with E-state index in [1.807, 2.05) is 48.5 Å². The van der Waals surface area contributed by atoms with Crippen molar-refractivity contribution in [2.45, 2.75) is 37.8 Å². The highest BCUT2D eigenvalue weighted by Gasteiger charge is 2.36. The molecule has 2 aromatic carbocycles. The van der Waals surface area contributed by atoms with Crippen molar-refractivity contribution in [3.63, 3.8) is 0 Å². The topological polar surface area (TPSA) is 130 Å². The summed E-state index contributed by atoms with van der Waals surface area (Å²) in [5, 5.41) is 11.8. The van der Waals surface area contributed by atoms with Crippen LogP contribution in [0.15, 0.2) is 48.5 Å². The minimum absolute atomic E-state index is 0.0748. The summed E-state index contributed by atoms with van der Waals surface area (Å²) in [7, 11) is -3.29. The molecule has 35 heavy (non-hydrogen) atoms. The van der Waals surface area contributed by atoms with E-state index in [2.05, 4.69) is 5.32 Å². The van der Waals surface area contributed by atoms with Crippen molar-refractivity contribution in [2.75, 3.05) is 24.7 Å². The molecule has 2 amide bonds. The lowest BCUT2D eigenvalue weighted by molar-refractivity contribution is -0.146. The van der Waals surface area contributed by atoms with Gasteiger partial charge in [-0.15, -0.1) is 0 Å². The zero-order valence-corrected chi connectivity index (χ0v) is 20.2. The van der Waals surface area contributed by atoms with Gasteiger partial charge in [0.1, 0.15) is 13.2 Å². The highest BCUT2D eigenvalue weighted by molar-refractivity contribution is 7.91. The molecule has 1 unspecified atom stereocenters. The third-order valence-corrected chi connectivity index (χ3v) is 8.21. The van der Waals surface area contributed by atoms with Gasteiger partial charge in [-0.2, -0.15) is 0 Å². The van der Waals surface area contributed by atoms with Gasteiger partial charge in [-0.05, 0) is 35.6 Å². The first kappa shape index (κ1) is 24.7. The molecule has 0 aromatic heterocycles. The van der Waals surface area contributed by atoms with E-state index in [1.165, 1.54) is 0 Å². The summed E-state index contributed by atoms with van der Waals surface area (Å²) in [6, 6.07) is 14.6. The number of ether oxygens (including phenoxy) is 1. The zero-order chi connectivity index (χ0) is 25.2. The average Bonchev–Trinajstić information content (AvgIpc) is 3.32. The van der Waals surface area contributed by atoms with Crippen LogP contribution in [0.5, 0.6) is 0 Å². The third kappa shape index (κ3) is 5.64. The molecule has 1 fully saturated rings. The maximum Gasteiger partial charge on any atom is 0.407 e. The SMILES string of the molecule is C[C@@H](CC(=O)N(CC(=O)O)C1CCS(=O)(=O)C1)NC(=O)OCC1c2ccccc2-c2ccccc21. The van der Waals surface area contributed by atoms with E-state index >= 15 is 0 Å². The Morgan fingerprint density at radius 1 is 1.09 bits per heavy atom. The number of carbonyl (C=O) groups is 3. The van der Waals surface area contributed by atoms with Crippen LogP contribution in [-0.4, -0.2) is 73.1 Å². The summed E-state index contributed by atoms with van der Waals surface area (Å²) in [6.45, 7) is 1.16. The molecule has 9 nitrogen and oxygen atoms in total. The average molecular weight is 501 g/mol. The largest absolute Gasteiger partial charge is 0.480 e. The second-order valence-electron chi connectivity index (χ2n) is 9.05. The second kappa shape index (κ2) is 10.1. The summed E-state index contributed by atoms with van der Waals surface area (Å²) in [6.07, 6.45) is -0.649. The lowest BCUT2D eigenvalue weighted by atomic mass is 9.98. The zero-order valence-electron chi connectivity index (χ0n) is 19.3. The third-order valence-electron chi connectivity index (χ3n) is 6.46. The Morgan fingerprint density at radius 2 is 1.69 bits per heavy atom. The number of hydrogen-bond acceptors (Lipinski definition) is 6. The van der Waals surface area contributed by atoms with Crippen molar-refractivity contribution in [3.05, 3.63) is 59.7 Å². The number of sulfone groups is 1. The van der Waals surface area contributed by atoms with Gasteiger partial charge in [-0.3, -0.25) is 9.59 Å². The molecule has 0 bridgehead atoms. The summed E-state index contributed by atoms with van der Waals surface area (Å²) < 4.78 is 29.1. The molecule has 1 aliphatic heterocycles. The van der Waals surface area contributed by atoms with Crippen LogP contribution in [0.1, 0.15) is 36.8 Å². The van der Waals surface area contributed by atoms with Gasteiger partial charge < -0.3 is 20.1 Å². The van der Waals surface area contributed by atoms with Crippen LogP contribution < -0.4 is 5.32 Å². The molecule has 2 aromatic rings. The molecule has 10 heteroatoms. The lowest BCUT2D eigenvalue weighted by Gasteiger charge is -2.28. The maximum atomic E-state index is 12.8. The molecule has 0 radical (unpaired) electrons. The van der Waals surface area contributed by atoms with E-state index in [-0.39, 0.29) is 36.9 Å². The van der Waals surface area contributed by atoms with Gasteiger partial charge in [0.25, 0.3) is 0 Å². The van der Waals surface area contributed by atoms with Gasteiger partial charge >= 0.3 is 12.1 Å². The fourth-order valence-electron chi connectivity index (χ4n) is 4.86. The molecular weight excluding hydrogens is 472 g/mol. The number of aliphatic carboxylic acids is 1. The standard InChI is InChI=1S/C25H28N2O7S/c1-16(12-23(28)27(13-24(29)30)17-10-11-35(32,33)15-17)26-25(31)34-14-22-20-8-4-2-6-18(20)19-7-3-5-9-21(19)22/h2-9,16-17,22H,10-15H2,1H3,(H,26,31)(H,29,30)/t16-,17?/m0/s1. The molecule has 186 valence electrons. The van der Waals surface area contributed by atoms with Crippen LogP contribution in [0, 0.1) is 0 Å². The molecule has 0 saturated carbocycles. The molecule has 2 aliphatic rings. The van der Waals surface area contributed by atoms with Crippen LogP contribution in [-0.2, 0) is 24.2 Å². The van der Waals surface area contributed by atoms with Gasteiger partial charge in [-0.25, -0.2) is 13.2 Å². The predicted molar refractivity (Wildman–Crippen MR) is 129 cm³/mol. The summed E-state index contributed by atoms with van der Waals surface area (Å²) in [5.41, 5.74) is 4.40. The van der Waals surface area contributed by atoms with Gasteiger partial charge in [0.15, 0.2) is 9.84 Å². The van der Waals surface area contributed by atoms with Gasteiger partial charge in [-0.1, -0.05) is 48.5 Å². The van der Waals surface area contributed by atoms with Gasteiger partial charge in [0.05, 0.1) is 11.5 Å². The highest BCUT2D eigenvalue weighted by atomic mass is 32.2. The minimum Gasteiger partial charge on any atom is -0.480 e. The van der Waals surface area contributed by atoms with E-state index in [9.17, 15) is 27.9 Å². The fourth-order valence-corrected chi connectivity index (χ4v) is 6.59. The summed E-state index contributed by atoms with van der Waals surface area (Å²) in [4.78, 5) is 37.6. The van der Waals surface area contributed by atoms with Crippen molar-refractivity contribution < 1.29 is 32.6 Å². The first-order valence-electron chi connectivity index (χ1n) is 11.5. The molecular formula is C25H28N2O7S. The normalized spacial score (nSPS) is 18.8. The Hall–Kier alpha value is -3.40. The molecule has 4 rings (SSSR count). The molecule has 1 heterocycles. The number of alkyl carbamates (subject to hydrolysis) is 1. The number of fused-ring (bicyclic) bond motifs is 3. The van der Waals surface area contributed by atoms with Crippen LogP contribution in [0.4, 0.5) is 4.79 Å². The van der Waals surface area contributed by atoms with Gasteiger partial charge in [0, 0.05) is 24.4 Å². The van der Waals surface area contributed by atoms with Crippen LogP contribution >= 0.6 is 0 Å². The minimum atomic E-state index is -3.29. The highest BCUT2D eigenvalue weighted by Crippen LogP contribution is 2.44. The second-order valence-corrected chi connectivity index (χ2v) is 11.3. The van der Waals surface area contributed by atoms with Crippen molar-refractivity contribution >= 4 is 27.8 Å². The van der Waals surface area contributed by atoms with Crippen LogP contribution in [0.3, 0.4) is 0 Å². The molecule has 1 saturated heterocycles. The van der Waals surface area contributed by atoms with E-state index < -0.39 is 46.4 Å². The van der Waals surface area contributed by atoms with Crippen molar-refractivity contribution in [1.82, 2.24) is 10.2 Å². The van der Waals surface area contributed by atoms with E-state index in [4.69, 9.17) is 4.74 Å². The van der Waals surface area contributed by atoms with Crippen LogP contribution in [0.2, 0.25) is 0 Å². The fraction of sp³-hybridized carbons (Fsp3) is 0.400. The molecule has 2 N–H and O–H groups in total. The van der Waals surface area contributed by atoms with Crippen LogP contribution in [0.25, 0.3) is 11.1 Å². The number of hydrogen-bond donors (Lipinski definition) is 2. The quantitative estimate of drug-likeness (QED) is 0.569. The number of carbonyl (C=O) groups excluding carboxylic acids is 2. The number of nitrogens with one attached hydrogen (secondary N) is 1.